The number of amides is 1. The second-order valence-electron chi connectivity index (χ2n) is 5.55. The number of anilines is 1. The van der Waals surface area contributed by atoms with Gasteiger partial charge >= 0.3 is 5.97 Å². The maximum Gasteiger partial charge on any atom is 0.324 e. The lowest BCUT2D eigenvalue weighted by molar-refractivity contribution is -0.154. The van der Waals surface area contributed by atoms with E-state index in [2.05, 4.69) is 15.2 Å². The molecule has 0 spiro atoms. The van der Waals surface area contributed by atoms with Gasteiger partial charge in [-0.2, -0.15) is 4.72 Å². The van der Waals surface area contributed by atoms with Crippen LogP contribution in [0.2, 0.25) is 0 Å². The van der Waals surface area contributed by atoms with Gasteiger partial charge in [0.05, 0.1) is 4.90 Å². The minimum Gasteiger partial charge on any atom is -0.451 e. The number of ether oxygens (including phenoxy) is 1. The van der Waals surface area contributed by atoms with Crippen molar-refractivity contribution in [3.05, 3.63) is 42.2 Å². The standard InChI is InChI=1S/C16H19N3O6S/c1-10-9-14(18-25-10)17-15(20)12(3)24-16(21)11(2)19-26(22,23)13-7-5-4-6-8-13/h4-9,11-12,19H,1-3H3,(H,17,18,20)/t11-,12?/m0/s1. The van der Waals surface area contributed by atoms with Crippen molar-refractivity contribution in [2.24, 2.45) is 0 Å². The van der Waals surface area contributed by atoms with Crippen molar-refractivity contribution < 1.29 is 27.3 Å². The summed E-state index contributed by atoms with van der Waals surface area (Å²) in [6.07, 6.45) is -1.15. The second kappa shape index (κ2) is 8.11. The van der Waals surface area contributed by atoms with Gasteiger partial charge in [-0.15, -0.1) is 0 Å². The SMILES string of the molecule is Cc1cc(NC(=O)C(C)OC(=O)[C@H](C)NS(=O)(=O)c2ccccc2)no1. The molecule has 10 heteroatoms. The molecule has 2 N–H and O–H groups in total. The van der Waals surface area contributed by atoms with Crippen LogP contribution in [-0.4, -0.2) is 37.6 Å². The lowest BCUT2D eigenvalue weighted by atomic mass is 10.3. The first-order valence-electron chi connectivity index (χ1n) is 7.71. The molecule has 9 nitrogen and oxygen atoms in total. The number of aromatic nitrogens is 1. The second-order valence-corrected chi connectivity index (χ2v) is 7.26. The van der Waals surface area contributed by atoms with Gasteiger partial charge in [-0.25, -0.2) is 8.42 Å². The summed E-state index contributed by atoms with van der Waals surface area (Å²) in [5.74, 6) is -0.810. The third kappa shape index (κ3) is 5.14. The first kappa shape index (κ1) is 19.6. The normalized spacial score (nSPS) is 13.7. The lowest BCUT2D eigenvalue weighted by Crippen LogP contribution is -2.42. The highest BCUT2D eigenvalue weighted by atomic mass is 32.2. The fraction of sp³-hybridized carbons (Fsp3) is 0.312. The van der Waals surface area contributed by atoms with Crippen LogP contribution in [0, 0.1) is 6.92 Å². The van der Waals surface area contributed by atoms with Gasteiger partial charge in [-0.05, 0) is 32.9 Å². The molecule has 1 amide bonds. The van der Waals surface area contributed by atoms with Crippen molar-refractivity contribution in [1.82, 2.24) is 9.88 Å². The largest absolute Gasteiger partial charge is 0.451 e. The Kier molecular flexibility index (Phi) is 6.11. The molecule has 0 saturated carbocycles. The lowest BCUT2D eigenvalue weighted by Gasteiger charge is -2.17. The van der Waals surface area contributed by atoms with Crippen LogP contribution in [0.4, 0.5) is 5.82 Å². The number of sulfonamides is 1. The maximum absolute atomic E-state index is 12.2. The minimum atomic E-state index is -3.88. The van der Waals surface area contributed by atoms with Crippen molar-refractivity contribution in [3.8, 4) is 0 Å². The zero-order chi connectivity index (χ0) is 19.3. The Hall–Kier alpha value is -2.72. The predicted molar refractivity (Wildman–Crippen MR) is 91.6 cm³/mol. The smallest absolute Gasteiger partial charge is 0.324 e. The molecule has 26 heavy (non-hydrogen) atoms. The van der Waals surface area contributed by atoms with Gasteiger partial charge in [0.2, 0.25) is 10.0 Å². The monoisotopic (exact) mass is 381 g/mol. The molecule has 0 aliphatic carbocycles. The molecule has 1 unspecified atom stereocenters. The Labute approximate surface area is 150 Å². The number of hydrogen-bond donors (Lipinski definition) is 2. The molecule has 0 aliphatic rings. The molecule has 1 heterocycles. The highest BCUT2D eigenvalue weighted by Crippen LogP contribution is 2.10. The van der Waals surface area contributed by atoms with E-state index in [0.717, 1.165) is 0 Å². The van der Waals surface area contributed by atoms with E-state index in [9.17, 15) is 18.0 Å². The van der Waals surface area contributed by atoms with Crippen LogP contribution in [-0.2, 0) is 24.3 Å². The predicted octanol–water partition coefficient (Wildman–Crippen LogP) is 1.22. The molecule has 2 aromatic rings. The number of nitrogens with zero attached hydrogens (tertiary/aromatic N) is 1. The fourth-order valence-electron chi connectivity index (χ4n) is 1.93. The molecular weight excluding hydrogens is 362 g/mol. The van der Waals surface area contributed by atoms with Crippen molar-refractivity contribution in [1.29, 1.82) is 0 Å². The molecular formula is C16H19N3O6S. The molecule has 0 saturated heterocycles. The zero-order valence-electron chi connectivity index (χ0n) is 14.4. The number of aryl methyl sites for hydroxylation is 1. The topological polar surface area (TPSA) is 128 Å². The van der Waals surface area contributed by atoms with Crippen LogP contribution in [0.1, 0.15) is 19.6 Å². The zero-order valence-corrected chi connectivity index (χ0v) is 15.2. The average Bonchev–Trinajstić information content (AvgIpc) is 3.00. The Morgan fingerprint density at radius 1 is 1.19 bits per heavy atom. The van der Waals surface area contributed by atoms with E-state index in [1.165, 1.54) is 32.0 Å². The van der Waals surface area contributed by atoms with Crippen molar-refractivity contribution in [2.45, 2.75) is 37.8 Å². The van der Waals surface area contributed by atoms with E-state index in [0.29, 0.717) is 5.76 Å². The summed E-state index contributed by atoms with van der Waals surface area (Å²) in [5.41, 5.74) is 0. The van der Waals surface area contributed by atoms with E-state index in [4.69, 9.17) is 9.26 Å². The van der Waals surface area contributed by atoms with Crippen molar-refractivity contribution in [2.75, 3.05) is 5.32 Å². The van der Waals surface area contributed by atoms with Gasteiger partial charge in [0, 0.05) is 6.07 Å². The van der Waals surface area contributed by atoms with E-state index < -0.39 is 34.0 Å². The highest BCUT2D eigenvalue weighted by molar-refractivity contribution is 7.89. The molecule has 0 fully saturated rings. The molecule has 1 aromatic carbocycles. The van der Waals surface area contributed by atoms with E-state index in [1.807, 2.05) is 0 Å². The van der Waals surface area contributed by atoms with Crippen molar-refractivity contribution in [3.63, 3.8) is 0 Å². The molecule has 0 aliphatic heterocycles. The summed E-state index contributed by atoms with van der Waals surface area (Å²) in [4.78, 5) is 24.1. The number of hydrogen-bond acceptors (Lipinski definition) is 7. The van der Waals surface area contributed by atoms with E-state index in [-0.39, 0.29) is 10.7 Å². The van der Waals surface area contributed by atoms with Crippen LogP contribution < -0.4 is 10.0 Å². The summed E-state index contributed by atoms with van der Waals surface area (Å²) in [7, 11) is -3.88. The summed E-state index contributed by atoms with van der Waals surface area (Å²) >= 11 is 0. The summed E-state index contributed by atoms with van der Waals surface area (Å²) in [6.45, 7) is 4.35. The van der Waals surface area contributed by atoms with Crippen LogP contribution >= 0.6 is 0 Å². The molecule has 2 rings (SSSR count). The van der Waals surface area contributed by atoms with Gasteiger partial charge < -0.3 is 14.6 Å². The first-order chi connectivity index (χ1) is 12.2. The molecule has 1 aromatic heterocycles. The Bertz CT molecular complexity index is 878. The Balaban J connectivity index is 1.92. The van der Waals surface area contributed by atoms with Gasteiger partial charge in [-0.3, -0.25) is 9.59 Å². The number of benzene rings is 1. The van der Waals surface area contributed by atoms with Gasteiger partial charge in [0.1, 0.15) is 11.8 Å². The summed E-state index contributed by atoms with van der Waals surface area (Å²) in [6, 6.07) is 7.93. The Morgan fingerprint density at radius 2 is 1.85 bits per heavy atom. The molecule has 140 valence electrons. The Morgan fingerprint density at radius 3 is 2.42 bits per heavy atom. The molecule has 2 atom stereocenters. The number of rotatable bonds is 7. The van der Waals surface area contributed by atoms with E-state index in [1.54, 1.807) is 25.1 Å². The minimum absolute atomic E-state index is 0.0202. The van der Waals surface area contributed by atoms with Gasteiger partial charge in [0.25, 0.3) is 5.91 Å². The fourth-order valence-corrected chi connectivity index (χ4v) is 3.14. The van der Waals surface area contributed by atoms with Crippen LogP contribution in [0.15, 0.2) is 45.8 Å². The summed E-state index contributed by atoms with van der Waals surface area (Å²) < 4.78 is 36.4. The molecule has 0 bridgehead atoms. The quantitative estimate of drug-likeness (QED) is 0.690. The summed E-state index contributed by atoms with van der Waals surface area (Å²) in [5, 5.41) is 6.02. The van der Waals surface area contributed by atoms with Crippen LogP contribution in [0.3, 0.4) is 0 Å². The van der Waals surface area contributed by atoms with Crippen LogP contribution in [0.25, 0.3) is 0 Å². The number of carbonyl (C=O) groups is 2. The molecule has 0 radical (unpaired) electrons. The van der Waals surface area contributed by atoms with Gasteiger partial charge in [0.15, 0.2) is 11.9 Å². The number of esters is 1. The van der Waals surface area contributed by atoms with Gasteiger partial charge in [-0.1, -0.05) is 23.4 Å². The van der Waals surface area contributed by atoms with Crippen LogP contribution in [0.5, 0.6) is 0 Å². The van der Waals surface area contributed by atoms with Crippen molar-refractivity contribution >= 4 is 27.7 Å². The highest BCUT2D eigenvalue weighted by Gasteiger charge is 2.26. The third-order valence-corrected chi connectivity index (χ3v) is 4.84. The third-order valence-electron chi connectivity index (χ3n) is 3.28. The number of carbonyl (C=O) groups excluding carboxylic acids is 2. The first-order valence-corrected chi connectivity index (χ1v) is 9.19. The van der Waals surface area contributed by atoms with E-state index >= 15 is 0 Å². The maximum atomic E-state index is 12.2. The number of nitrogens with one attached hydrogen (secondary N) is 2. The average molecular weight is 381 g/mol.